The number of halogens is 2. The molecule has 0 spiro atoms. The van der Waals surface area contributed by atoms with E-state index < -0.39 is 27.6 Å². The maximum atomic E-state index is 14.0. The molecule has 150 valence electrons. The zero-order valence-corrected chi connectivity index (χ0v) is 17.2. The van der Waals surface area contributed by atoms with Crippen LogP contribution in [-0.2, 0) is 14.8 Å². The number of likely N-dealkylation sites (N-methyl/N-ethyl adjacent to an activating group) is 1. The molecule has 1 amide bonds. The fourth-order valence-electron chi connectivity index (χ4n) is 2.33. The SMILES string of the molecule is CN(C)CCCN(C(=O)CN(C)S(C)(=O)=O)c1nc2c(F)cc(F)cc2s1. The van der Waals surface area contributed by atoms with Gasteiger partial charge in [-0.25, -0.2) is 22.2 Å². The minimum Gasteiger partial charge on any atom is -0.309 e. The number of rotatable bonds is 8. The van der Waals surface area contributed by atoms with Crippen LogP contribution < -0.4 is 4.90 Å². The van der Waals surface area contributed by atoms with E-state index in [1.54, 1.807) is 0 Å². The van der Waals surface area contributed by atoms with Crippen LogP contribution >= 0.6 is 11.3 Å². The highest BCUT2D eigenvalue weighted by Crippen LogP contribution is 2.31. The number of nitrogens with zero attached hydrogens (tertiary/aromatic N) is 4. The largest absolute Gasteiger partial charge is 0.309 e. The molecule has 0 unspecified atom stereocenters. The van der Waals surface area contributed by atoms with Gasteiger partial charge < -0.3 is 4.90 Å². The molecule has 1 aromatic heterocycles. The molecule has 0 aliphatic rings. The van der Waals surface area contributed by atoms with E-state index in [2.05, 4.69) is 4.98 Å². The summed E-state index contributed by atoms with van der Waals surface area (Å²) in [6.07, 6.45) is 1.61. The second-order valence-electron chi connectivity index (χ2n) is 6.45. The molecule has 11 heteroatoms. The first kappa shape index (κ1) is 21.6. The molecule has 0 aliphatic carbocycles. The molecular formula is C16H22F2N4O3S2. The van der Waals surface area contributed by atoms with E-state index in [0.717, 1.165) is 34.0 Å². The Morgan fingerprint density at radius 2 is 1.85 bits per heavy atom. The van der Waals surface area contributed by atoms with Crippen molar-refractivity contribution in [3.63, 3.8) is 0 Å². The molecule has 2 aromatic rings. The van der Waals surface area contributed by atoms with Crippen LogP contribution in [-0.4, -0.2) is 75.5 Å². The number of carbonyl (C=O) groups excluding carboxylic acids is 1. The van der Waals surface area contributed by atoms with Crippen molar-refractivity contribution in [3.05, 3.63) is 23.8 Å². The van der Waals surface area contributed by atoms with Crippen LogP contribution in [0.25, 0.3) is 10.2 Å². The van der Waals surface area contributed by atoms with E-state index >= 15 is 0 Å². The van der Waals surface area contributed by atoms with Crippen molar-refractivity contribution in [2.45, 2.75) is 6.42 Å². The van der Waals surface area contributed by atoms with E-state index in [1.807, 2.05) is 19.0 Å². The zero-order chi connectivity index (χ0) is 20.4. The van der Waals surface area contributed by atoms with Crippen molar-refractivity contribution in [2.24, 2.45) is 0 Å². The summed E-state index contributed by atoms with van der Waals surface area (Å²) in [5.41, 5.74) is -0.0155. The minimum absolute atomic E-state index is 0.0155. The first-order chi connectivity index (χ1) is 12.5. The third-order valence-electron chi connectivity index (χ3n) is 3.84. The quantitative estimate of drug-likeness (QED) is 0.651. The second-order valence-corrected chi connectivity index (χ2v) is 9.55. The molecule has 0 aliphatic heterocycles. The number of benzene rings is 1. The monoisotopic (exact) mass is 420 g/mol. The third-order valence-corrected chi connectivity index (χ3v) is 6.13. The van der Waals surface area contributed by atoms with E-state index in [-0.39, 0.29) is 28.4 Å². The molecule has 0 N–H and O–H groups in total. The smallest absolute Gasteiger partial charge is 0.244 e. The molecule has 1 aromatic carbocycles. The van der Waals surface area contributed by atoms with Crippen LogP contribution in [0.2, 0.25) is 0 Å². The number of carbonyl (C=O) groups is 1. The Morgan fingerprint density at radius 1 is 1.19 bits per heavy atom. The second kappa shape index (κ2) is 8.55. The van der Waals surface area contributed by atoms with Gasteiger partial charge in [-0.2, -0.15) is 4.31 Å². The maximum absolute atomic E-state index is 14.0. The van der Waals surface area contributed by atoms with Gasteiger partial charge in [0.1, 0.15) is 11.3 Å². The number of amides is 1. The van der Waals surface area contributed by atoms with Crippen LogP contribution in [0.15, 0.2) is 12.1 Å². The Balaban J connectivity index is 2.34. The third kappa shape index (κ3) is 5.64. The minimum atomic E-state index is -3.53. The van der Waals surface area contributed by atoms with Gasteiger partial charge in [-0.3, -0.25) is 9.69 Å². The summed E-state index contributed by atoms with van der Waals surface area (Å²) >= 11 is 0.988. The summed E-state index contributed by atoms with van der Waals surface area (Å²) in [5, 5.41) is 0.208. The normalized spacial score (nSPS) is 12.3. The summed E-state index contributed by atoms with van der Waals surface area (Å²) in [5.74, 6) is -2.01. The number of hydrogen-bond acceptors (Lipinski definition) is 6. The first-order valence-corrected chi connectivity index (χ1v) is 10.8. The molecule has 0 radical (unpaired) electrons. The van der Waals surface area contributed by atoms with Crippen LogP contribution in [0.5, 0.6) is 0 Å². The summed E-state index contributed by atoms with van der Waals surface area (Å²) in [6.45, 7) is 0.603. The summed E-state index contributed by atoms with van der Waals surface area (Å²) in [6, 6.07) is 1.89. The standard InChI is InChI=1S/C16H22F2N4O3S2/c1-20(2)6-5-7-22(14(23)10-21(3)27(4,24)25)16-19-15-12(18)8-11(17)9-13(15)26-16/h8-9H,5-7,10H2,1-4H3. The van der Waals surface area contributed by atoms with Gasteiger partial charge in [-0.05, 0) is 33.1 Å². The van der Waals surface area contributed by atoms with Crippen LogP contribution in [0.4, 0.5) is 13.9 Å². The highest BCUT2D eigenvalue weighted by atomic mass is 32.2. The molecule has 2 rings (SSSR count). The number of sulfonamides is 1. The lowest BCUT2D eigenvalue weighted by Gasteiger charge is -2.23. The van der Waals surface area contributed by atoms with Gasteiger partial charge >= 0.3 is 0 Å². The van der Waals surface area contributed by atoms with E-state index in [1.165, 1.54) is 11.9 Å². The molecular weight excluding hydrogens is 398 g/mol. The number of hydrogen-bond donors (Lipinski definition) is 0. The summed E-state index contributed by atoms with van der Waals surface area (Å²) in [4.78, 5) is 20.1. The average Bonchev–Trinajstić information content (AvgIpc) is 2.93. The van der Waals surface area contributed by atoms with Gasteiger partial charge in [-0.1, -0.05) is 11.3 Å². The number of anilines is 1. The van der Waals surface area contributed by atoms with Crippen molar-refractivity contribution in [1.29, 1.82) is 0 Å². The van der Waals surface area contributed by atoms with E-state index in [0.29, 0.717) is 13.0 Å². The Labute approximate surface area is 161 Å². The lowest BCUT2D eigenvalue weighted by atomic mass is 10.3. The predicted octanol–water partition coefficient (Wildman–Crippen LogP) is 1.75. The Hall–Kier alpha value is -1.69. The zero-order valence-electron chi connectivity index (χ0n) is 15.6. The van der Waals surface area contributed by atoms with Gasteiger partial charge in [0.25, 0.3) is 0 Å². The predicted molar refractivity (Wildman–Crippen MR) is 103 cm³/mol. The molecule has 0 saturated heterocycles. The van der Waals surface area contributed by atoms with Crippen LogP contribution in [0, 0.1) is 11.6 Å². The topological polar surface area (TPSA) is 73.8 Å². The Bertz CT molecular complexity index is 931. The number of fused-ring (bicyclic) bond motifs is 1. The van der Waals surface area contributed by atoms with Crippen molar-refractivity contribution in [3.8, 4) is 0 Å². The number of aromatic nitrogens is 1. The lowest BCUT2D eigenvalue weighted by molar-refractivity contribution is -0.118. The maximum Gasteiger partial charge on any atom is 0.244 e. The average molecular weight is 421 g/mol. The summed E-state index contributed by atoms with van der Waals surface area (Å²) in [7, 11) is 1.55. The van der Waals surface area contributed by atoms with E-state index in [9.17, 15) is 22.0 Å². The van der Waals surface area contributed by atoms with Crippen LogP contribution in [0.1, 0.15) is 6.42 Å². The van der Waals surface area contributed by atoms with E-state index in [4.69, 9.17) is 0 Å². The highest BCUT2D eigenvalue weighted by Gasteiger charge is 2.24. The molecule has 1 heterocycles. The molecule has 7 nitrogen and oxygen atoms in total. The molecule has 0 fully saturated rings. The van der Waals surface area contributed by atoms with Gasteiger partial charge in [-0.15, -0.1) is 0 Å². The number of thiazole rings is 1. The Morgan fingerprint density at radius 3 is 2.44 bits per heavy atom. The van der Waals surface area contributed by atoms with Gasteiger partial charge in [0, 0.05) is 19.7 Å². The fourth-order valence-corrected chi connectivity index (χ4v) is 3.72. The molecule has 0 bridgehead atoms. The van der Waals surface area contributed by atoms with Gasteiger partial charge in [0.05, 0.1) is 17.5 Å². The fraction of sp³-hybridized carbons (Fsp3) is 0.500. The van der Waals surface area contributed by atoms with Crippen LogP contribution in [0.3, 0.4) is 0 Å². The highest BCUT2D eigenvalue weighted by molar-refractivity contribution is 7.88. The Kier molecular flexibility index (Phi) is 6.84. The van der Waals surface area contributed by atoms with Crippen molar-refractivity contribution < 1.29 is 22.0 Å². The molecule has 0 atom stereocenters. The van der Waals surface area contributed by atoms with Crippen molar-refractivity contribution >= 4 is 42.6 Å². The van der Waals surface area contributed by atoms with Gasteiger partial charge in [0.15, 0.2) is 10.9 Å². The first-order valence-electron chi connectivity index (χ1n) is 8.11. The van der Waals surface area contributed by atoms with Crippen molar-refractivity contribution in [2.75, 3.05) is 51.9 Å². The molecule has 0 saturated carbocycles. The van der Waals surface area contributed by atoms with Gasteiger partial charge in [0.2, 0.25) is 15.9 Å². The van der Waals surface area contributed by atoms with Crippen molar-refractivity contribution in [1.82, 2.24) is 14.2 Å². The summed E-state index contributed by atoms with van der Waals surface area (Å²) < 4.78 is 51.8. The lowest BCUT2D eigenvalue weighted by Crippen LogP contribution is -2.42. The molecule has 27 heavy (non-hydrogen) atoms.